The Labute approximate surface area is 413 Å². The molecule has 0 saturated carbocycles. The average Bonchev–Trinajstić information content (AvgIpc) is 3.91. The molecular weight excluding hydrogens is 1010 g/mol. The molecule has 5 nitrogen and oxygen atoms in total. The summed E-state index contributed by atoms with van der Waals surface area (Å²) in [5, 5.41) is 2.23. The van der Waals surface area contributed by atoms with Crippen LogP contribution < -0.4 is 4.74 Å². The van der Waals surface area contributed by atoms with Crippen molar-refractivity contribution < 1.29 is 25.8 Å². The molecule has 0 N–H and O–H groups in total. The number of benzene rings is 8. The van der Waals surface area contributed by atoms with Crippen LogP contribution in [0.2, 0.25) is 0 Å². The van der Waals surface area contributed by atoms with Crippen molar-refractivity contribution in [3.8, 4) is 67.8 Å². The van der Waals surface area contributed by atoms with E-state index in [9.17, 15) is 0 Å². The second-order valence-corrected chi connectivity index (χ2v) is 18.2. The molecule has 11 rings (SSSR count). The van der Waals surface area contributed by atoms with Gasteiger partial charge in [0.25, 0.3) is 0 Å². The first-order chi connectivity index (χ1) is 32.7. The Hall–Kier alpha value is -7.33. The molecule has 0 bridgehead atoms. The van der Waals surface area contributed by atoms with Gasteiger partial charge in [0.05, 0.1) is 16.9 Å². The Balaban J connectivity index is 0.00000539. The summed E-state index contributed by atoms with van der Waals surface area (Å²) in [6.45, 7) is 13.4. The minimum Gasteiger partial charge on any atom is -0.503 e. The SMILES string of the molecule is Cc1cnc(-n2c3[c-]c(Oc4[c-]c(-c5nc6ccccc6n5-c5c(C(C)C)cc(-c6ccc(-c7ccc(-c8ccccc8)cc7)cc6)cc5C(C)C)ccc4)ccc3c3ccccc32)cc1C.[Pt+2]. The minimum absolute atomic E-state index is 0. The number of pyridine rings is 1. The number of hydrogen-bond acceptors (Lipinski definition) is 3. The van der Waals surface area contributed by atoms with E-state index in [-0.39, 0.29) is 32.9 Å². The van der Waals surface area contributed by atoms with Crippen molar-refractivity contribution in [2.45, 2.75) is 53.4 Å². The monoisotopic (exact) mass is 1060 g/mol. The topological polar surface area (TPSA) is 44.9 Å². The summed E-state index contributed by atoms with van der Waals surface area (Å²) >= 11 is 0. The van der Waals surface area contributed by atoms with Gasteiger partial charge in [-0.1, -0.05) is 148 Å². The van der Waals surface area contributed by atoms with Crippen molar-refractivity contribution in [2.24, 2.45) is 0 Å². The largest absolute Gasteiger partial charge is 2.00 e. The van der Waals surface area contributed by atoms with E-state index in [0.717, 1.165) is 55.6 Å². The van der Waals surface area contributed by atoms with Crippen LogP contribution in [0.5, 0.6) is 11.5 Å². The summed E-state index contributed by atoms with van der Waals surface area (Å²) in [5.41, 5.74) is 18.0. The summed E-state index contributed by atoms with van der Waals surface area (Å²) in [7, 11) is 0. The number of aromatic nitrogens is 4. The van der Waals surface area contributed by atoms with Gasteiger partial charge in [0, 0.05) is 28.9 Å². The zero-order valence-corrected chi connectivity index (χ0v) is 41.3. The zero-order chi connectivity index (χ0) is 45.8. The maximum Gasteiger partial charge on any atom is 2.00 e. The summed E-state index contributed by atoms with van der Waals surface area (Å²) in [5.74, 6) is 3.29. The third-order valence-corrected chi connectivity index (χ3v) is 13.1. The van der Waals surface area contributed by atoms with Gasteiger partial charge in [0.15, 0.2) is 0 Å². The molecule has 6 heteroatoms. The predicted molar refractivity (Wildman–Crippen MR) is 277 cm³/mol. The van der Waals surface area contributed by atoms with Crippen LogP contribution in [0.15, 0.2) is 182 Å². The minimum atomic E-state index is 0. The van der Waals surface area contributed by atoms with E-state index < -0.39 is 0 Å². The Morgan fingerprint density at radius 2 is 1.06 bits per heavy atom. The molecule has 0 aliphatic rings. The molecular formula is C62H50N4OPt. The molecule has 3 heterocycles. The van der Waals surface area contributed by atoms with E-state index in [1.807, 2.05) is 24.4 Å². The van der Waals surface area contributed by atoms with Crippen LogP contribution in [0.3, 0.4) is 0 Å². The molecule has 0 aliphatic carbocycles. The fraction of sp³-hybridized carbons (Fsp3) is 0.129. The first-order valence-electron chi connectivity index (χ1n) is 23.2. The van der Waals surface area contributed by atoms with Crippen molar-refractivity contribution in [1.29, 1.82) is 0 Å². The van der Waals surface area contributed by atoms with Crippen molar-refractivity contribution >= 4 is 32.8 Å². The van der Waals surface area contributed by atoms with Crippen LogP contribution in [0, 0.1) is 26.0 Å². The Kier molecular flexibility index (Phi) is 12.0. The van der Waals surface area contributed by atoms with E-state index >= 15 is 0 Å². The number of imidazole rings is 1. The molecule has 3 aromatic heterocycles. The maximum atomic E-state index is 6.66. The number of fused-ring (bicyclic) bond motifs is 4. The van der Waals surface area contributed by atoms with Crippen molar-refractivity contribution in [3.63, 3.8) is 0 Å². The number of rotatable bonds is 10. The molecule has 11 aromatic rings. The van der Waals surface area contributed by atoms with Crippen molar-refractivity contribution in [3.05, 3.63) is 217 Å². The van der Waals surface area contributed by atoms with E-state index in [1.165, 1.54) is 55.8 Å². The molecule has 0 unspecified atom stereocenters. The smallest absolute Gasteiger partial charge is 0.503 e. The van der Waals surface area contributed by atoms with Gasteiger partial charge in [0.2, 0.25) is 0 Å². The van der Waals surface area contributed by atoms with Gasteiger partial charge in [-0.3, -0.25) is 4.98 Å². The Morgan fingerprint density at radius 1 is 0.485 bits per heavy atom. The van der Waals surface area contributed by atoms with Gasteiger partial charge < -0.3 is 13.9 Å². The molecule has 0 fully saturated rings. The third-order valence-electron chi connectivity index (χ3n) is 13.1. The summed E-state index contributed by atoms with van der Waals surface area (Å²) in [6, 6.07) is 69.6. The average molecular weight is 1060 g/mol. The molecule has 0 aliphatic heterocycles. The van der Waals surface area contributed by atoms with Gasteiger partial charge in [-0.05, 0) is 123 Å². The molecule has 0 radical (unpaired) electrons. The van der Waals surface area contributed by atoms with Crippen LogP contribution in [-0.2, 0) is 21.1 Å². The van der Waals surface area contributed by atoms with Gasteiger partial charge in [-0.2, -0.15) is 6.07 Å². The number of para-hydroxylation sites is 3. The van der Waals surface area contributed by atoms with Gasteiger partial charge >= 0.3 is 21.1 Å². The first kappa shape index (κ1) is 44.5. The zero-order valence-electron chi connectivity index (χ0n) is 39.0. The van der Waals surface area contributed by atoms with Crippen LogP contribution in [-0.4, -0.2) is 19.1 Å². The quantitative estimate of drug-likeness (QED) is 0.128. The first-order valence-corrected chi connectivity index (χ1v) is 23.2. The molecule has 0 atom stereocenters. The summed E-state index contributed by atoms with van der Waals surface area (Å²) in [6.07, 6.45) is 1.94. The van der Waals surface area contributed by atoms with E-state index in [1.54, 1.807) is 0 Å². The van der Waals surface area contributed by atoms with Crippen molar-refractivity contribution in [1.82, 2.24) is 19.1 Å². The van der Waals surface area contributed by atoms with Crippen LogP contribution in [0.1, 0.15) is 61.8 Å². The van der Waals surface area contributed by atoms with Crippen molar-refractivity contribution in [2.75, 3.05) is 0 Å². The molecule has 334 valence electrons. The van der Waals surface area contributed by atoms with Gasteiger partial charge in [0.1, 0.15) is 5.82 Å². The Bertz CT molecular complexity index is 3590. The van der Waals surface area contributed by atoms with E-state index in [2.05, 4.69) is 221 Å². The number of hydrogen-bond donors (Lipinski definition) is 0. The Morgan fingerprint density at radius 3 is 1.71 bits per heavy atom. The van der Waals surface area contributed by atoms with Crippen LogP contribution in [0.4, 0.5) is 0 Å². The molecule has 0 spiro atoms. The van der Waals surface area contributed by atoms with E-state index in [4.69, 9.17) is 14.7 Å². The molecule has 68 heavy (non-hydrogen) atoms. The molecule has 0 saturated heterocycles. The van der Waals surface area contributed by atoms with E-state index in [0.29, 0.717) is 11.5 Å². The number of nitrogens with zero attached hydrogens (tertiary/aromatic N) is 4. The van der Waals surface area contributed by atoms with Gasteiger partial charge in [-0.15, -0.1) is 41.3 Å². The maximum absolute atomic E-state index is 6.66. The fourth-order valence-electron chi connectivity index (χ4n) is 9.42. The van der Waals surface area contributed by atoms with Crippen LogP contribution >= 0.6 is 0 Å². The predicted octanol–water partition coefficient (Wildman–Crippen LogP) is 16.4. The van der Waals surface area contributed by atoms with Gasteiger partial charge in [-0.25, -0.2) is 4.98 Å². The second-order valence-electron chi connectivity index (χ2n) is 18.2. The number of aryl methyl sites for hydroxylation is 2. The fourth-order valence-corrected chi connectivity index (χ4v) is 9.42. The third kappa shape index (κ3) is 8.16. The summed E-state index contributed by atoms with van der Waals surface area (Å²) < 4.78 is 11.2. The standard InChI is InChI=1S/C62H50N4O.Pt/c1-39(2)54-35-49(47-29-27-46(28-30-47)45-25-23-44(24-26-45)43-15-8-7-9-16-43)36-55(40(3)4)61(54)66-58-22-13-11-20-56(58)64-62(66)48-17-14-18-50(34-48)67-51-31-32-53-52-19-10-12-21-57(52)65(59(53)37-51)60-33-41(5)42(6)38-63-60;/h7-33,35-36,38-40H,1-6H3;/q-2;+2. The normalized spacial score (nSPS) is 11.5. The van der Waals surface area contributed by atoms with Crippen LogP contribution in [0.25, 0.3) is 89.1 Å². The number of ether oxygens (including phenoxy) is 1. The molecule has 8 aromatic carbocycles. The second kappa shape index (κ2) is 18.4. The molecule has 0 amide bonds. The summed E-state index contributed by atoms with van der Waals surface area (Å²) in [4.78, 5) is 10.2.